The van der Waals surface area contributed by atoms with E-state index >= 15 is 0 Å². The molecule has 3 heterocycles. The van der Waals surface area contributed by atoms with Crippen LogP contribution in [0.4, 0.5) is 0 Å². The van der Waals surface area contributed by atoms with E-state index in [0.717, 1.165) is 0 Å². The predicted molar refractivity (Wildman–Crippen MR) is 201 cm³/mol. The molecule has 3 aliphatic rings. The molecule has 0 saturated carbocycles. The molecule has 0 aromatic rings. The smallest absolute Gasteiger partial charge is 0.237 e. The summed E-state index contributed by atoms with van der Waals surface area (Å²) in [6.45, 7) is -3.43. The number of rotatable bonds is 23. The van der Waals surface area contributed by atoms with E-state index in [-0.39, 0.29) is 63.0 Å². The van der Waals surface area contributed by atoms with Gasteiger partial charge in [-0.25, -0.2) is 0 Å². The van der Waals surface area contributed by atoms with Crippen molar-refractivity contribution in [3.8, 4) is 0 Å². The first kappa shape index (κ1) is 55.6. The lowest BCUT2D eigenvalue weighted by Gasteiger charge is -2.40. The van der Waals surface area contributed by atoms with Crippen molar-refractivity contribution in [1.82, 2.24) is 20.9 Å². The summed E-state index contributed by atoms with van der Waals surface area (Å²) in [5, 5.41) is 127. The van der Waals surface area contributed by atoms with E-state index in [9.17, 15) is 75.7 Å². The number of unbranched alkanes of at least 4 members (excludes halogenated alkanes) is 1. The van der Waals surface area contributed by atoms with Gasteiger partial charge in [0.25, 0.3) is 0 Å². The molecule has 0 spiro atoms. The Morgan fingerprint density at radius 2 is 0.983 bits per heavy atom. The van der Waals surface area contributed by atoms with Crippen molar-refractivity contribution in [3.05, 3.63) is 0 Å². The molecule has 60 heavy (non-hydrogen) atoms. The molecule has 26 nitrogen and oxygen atoms in total. The predicted octanol–water partition coefficient (Wildman–Crippen LogP) is -11.2. The average Bonchev–Trinajstić information content (AvgIpc) is 3.20. The summed E-state index contributed by atoms with van der Waals surface area (Å²) >= 11 is 0. The fourth-order valence-electron chi connectivity index (χ4n) is 6.93. The lowest BCUT2D eigenvalue weighted by atomic mass is 9.93. The number of hydrogen-bond donors (Lipinski definition) is 16. The first-order chi connectivity index (χ1) is 27.6. The molecule has 3 rings (SSSR count). The molecular formula is C34H67N5O21. The molecule has 16 atom stereocenters. The first-order valence-corrected chi connectivity index (χ1v) is 19.4. The van der Waals surface area contributed by atoms with Crippen LogP contribution in [0, 0.1) is 0 Å². The molecule has 0 aliphatic carbocycles. The molecule has 3 fully saturated rings. The van der Waals surface area contributed by atoms with Crippen molar-refractivity contribution < 1.29 is 106 Å². The van der Waals surface area contributed by atoms with Gasteiger partial charge in [0, 0.05) is 19.6 Å². The van der Waals surface area contributed by atoms with Gasteiger partial charge in [0.05, 0.1) is 57.8 Å². The summed E-state index contributed by atoms with van der Waals surface area (Å²) in [6, 6.07) is -1.12. The summed E-state index contributed by atoms with van der Waals surface area (Å²) in [5.74, 6) is -1.97. The van der Waals surface area contributed by atoms with Crippen LogP contribution >= 0.6 is 0 Å². The number of nitrogens with one attached hydrogen (secondary N) is 3. The number of carbonyl (C=O) groups is 3. The molecular weight excluding hydrogens is 814 g/mol. The van der Waals surface area contributed by atoms with Crippen LogP contribution in [0.15, 0.2) is 0 Å². The van der Waals surface area contributed by atoms with Crippen LogP contribution in [0.1, 0.15) is 32.1 Å². The van der Waals surface area contributed by atoms with Gasteiger partial charge in [-0.05, 0) is 32.2 Å². The van der Waals surface area contributed by atoms with Crippen molar-refractivity contribution in [3.63, 3.8) is 0 Å². The molecule has 354 valence electrons. The second-order valence-electron chi connectivity index (χ2n) is 14.6. The van der Waals surface area contributed by atoms with Gasteiger partial charge in [0.2, 0.25) is 17.7 Å². The van der Waals surface area contributed by atoms with E-state index in [1.807, 2.05) is 0 Å². The van der Waals surface area contributed by atoms with E-state index < -0.39 is 148 Å². The van der Waals surface area contributed by atoms with Crippen LogP contribution in [0.25, 0.3) is 0 Å². The van der Waals surface area contributed by atoms with Gasteiger partial charge >= 0.3 is 0 Å². The minimum absolute atomic E-state index is 0. The highest BCUT2D eigenvalue weighted by Crippen LogP contribution is 2.25. The second kappa shape index (κ2) is 27.6. The van der Waals surface area contributed by atoms with Crippen molar-refractivity contribution in [1.29, 1.82) is 0 Å². The third-order valence-corrected chi connectivity index (χ3v) is 10.4. The lowest BCUT2D eigenvalue weighted by molar-refractivity contribution is -0.300. The Morgan fingerprint density at radius 3 is 1.42 bits per heavy atom. The van der Waals surface area contributed by atoms with Gasteiger partial charge in [-0.2, -0.15) is 0 Å². The fraction of sp³-hybridized carbons (Fsp3) is 0.912. The molecule has 21 N–H and O–H groups in total. The lowest BCUT2D eigenvalue weighted by Crippen LogP contribution is -2.59. The highest BCUT2D eigenvalue weighted by Gasteiger charge is 2.45. The maximum Gasteiger partial charge on any atom is 0.237 e. The summed E-state index contributed by atoms with van der Waals surface area (Å²) in [5.41, 5.74) is 5.68. The number of amides is 3. The van der Waals surface area contributed by atoms with E-state index in [1.54, 1.807) is 0 Å². The van der Waals surface area contributed by atoms with Crippen molar-refractivity contribution in [2.45, 2.75) is 130 Å². The average molecular weight is 882 g/mol. The number of aliphatic hydroxyl groups excluding tert-OH is 12. The van der Waals surface area contributed by atoms with Crippen LogP contribution in [0.3, 0.4) is 0 Å². The van der Waals surface area contributed by atoms with Crippen LogP contribution in [-0.4, -0.2) is 258 Å². The van der Waals surface area contributed by atoms with Gasteiger partial charge in [0.15, 0.2) is 6.29 Å². The van der Waals surface area contributed by atoms with Crippen LogP contribution < -0.4 is 21.7 Å². The van der Waals surface area contributed by atoms with Gasteiger partial charge in [-0.1, -0.05) is 6.42 Å². The third kappa shape index (κ3) is 15.4. The molecule has 3 aliphatic heterocycles. The second-order valence-corrected chi connectivity index (χ2v) is 14.6. The van der Waals surface area contributed by atoms with Gasteiger partial charge in [-0.15, -0.1) is 0 Å². The van der Waals surface area contributed by atoms with E-state index in [0.29, 0.717) is 12.8 Å². The zero-order valence-electron chi connectivity index (χ0n) is 33.1. The highest BCUT2D eigenvalue weighted by molar-refractivity contribution is 5.86. The maximum atomic E-state index is 13.7. The molecule has 0 radical (unpaired) electrons. The van der Waals surface area contributed by atoms with Crippen molar-refractivity contribution in [2.75, 3.05) is 65.7 Å². The summed E-state index contributed by atoms with van der Waals surface area (Å²) < 4.78 is 21.7. The van der Waals surface area contributed by atoms with Gasteiger partial charge < -0.3 is 113 Å². The van der Waals surface area contributed by atoms with E-state index in [1.165, 1.54) is 4.90 Å². The van der Waals surface area contributed by atoms with Crippen LogP contribution in [-0.2, 0) is 33.3 Å². The van der Waals surface area contributed by atoms with Crippen molar-refractivity contribution in [2.24, 2.45) is 5.73 Å². The molecule has 0 aromatic heterocycles. The summed E-state index contributed by atoms with van der Waals surface area (Å²) in [7, 11) is 0. The summed E-state index contributed by atoms with van der Waals surface area (Å²) in [4.78, 5) is 41.6. The standard InChI is InChI=1S/C34H63N5O19.2H2O/c35-6-2-1-3-16(33(54)38-9-10-55-34-32(53)31(52)28(49)21(15-42)58-34)39(11-22(43)36-7-4-17-24(45)29(50)26(47)19(13-40)56-17)12-23(44)37-8-5-18-25(46)30(51)27(48)20(14-41)57-18;;/h16-21,24-32,34,40-42,45-53H,1-15,35H2,(H,36,43)(H,37,44)(H,38,54);2*1H2/t16-,17+,18+,19+,20+,21+,24+,25+,26+,27+,28+,29+,30+,31-,32-,34-;;/m0../s1. The zero-order valence-corrected chi connectivity index (χ0v) is 33.1. The fourth-order valence-corrected chi connectivity index (χ4v) is 6.93. The Labute approximate surface area is 345 Å². The molecule has 0 bridgehead atoms. The Balaban J connectivity index is 0.00000900. The Bertz CT molecular complexity index is 1190. The van der Waals surface area contributed by atoms with Gasteiger partial charge in [-0.3, -0.25) is 19.3 Å². The topological polar surface area (TPSA) is 459 Å². The number of nitrogens with two attached hydrogens (primary N) is 1. The Hall–Kier alpha value is -2.39. The molecule has 3 amide bonds. The quantitative estimate of drug-likeness (QED) is 0.0424. The SMILES string of the molecule is NCCCC[C@@H](C(=O)NCCO[C@H]1O[C@H](CO)[C@@H](O)[C@H](O)[C@@H]1O)N(CC(=O)NCC[C@H]1O[C@H](CO)[C@@H](O)[C@H](O)[C@@H]1O)CC(=O)NCC[C@H]1O[C@H](CO)[C@@H](O)[C@H](O)[C@@H]1O.O.O. The maximum absolute atomic E-state index is 13.7. The molecule has 0 aromatic carbocycles. The summed E-state index contributed by atoms with van der Waals surface area (Å²) in [6.07, 6.45) is -20.6. The van der Waals surface area contributed by atoms with E-state index in [4.69, 9.17) is 24.7 Å². The molecule has 0 unspecified atom stereocenters. The molecule has 3 saturated heterocycles. The highest BCUT2D eigenvalue weighted by atomic mass is 16.7. The minimum atomic E-state index is -1.68. The number of aliphatic hydroxyl groups is 12. The third-order valence-electron chi connectivity index (χ3n) is 10.4. The first-order valence-electron chi connectivity index (χ1n) is 19.4. The normalized spacial score (nSPS) is 34.8. The number of nitrogens with zero attached hydrogens (tertiary/aromatic N) is 1. The van der Waals surface area contributed by atoms with E-state index in [2.05, 4.69) is 16.0 Å². The van der Waals surface area contributed by atoms with Crippen LogP contribution in [0.5, 0.6) is 0 Å². The Morgan fingerprint density at radius 1 is 0.567 bits per heavy atom. The van der Waals surface area contributed by atoms with Crippen molar-refractivity contribution >= 4 is 17.7 Å². The minimum Gasteiger partial charge on any atom is -0.412 e. The Kier molecular flexibility index (Phi) is 25.6. The zero-order chi connectivity index (χ0) is 43.1. The largest absolute Gasteiger partial charge is 0.412 e. The number of carbonyl (C=O) groups excluding carboxylic acids is 3. The number of ether oxygens (including phenoxy) is 4. The van der Waals surface area contributed by atoms with Crippen LogP contribution in [0.2, 0.25) is 0 Å². The monoisotopic (exact) mass is 881 g/mol. The molecule has 26 heteroatoms. The number of hydrogen-bond acceptors (Lipinski definition) is 21. The van der Waals surface area contributed by atoms with Gasteiger partial charge in [0.1, 0.15) is 73.2 Å².